The quantitative estimate of drug-likeness (QED) is 0.432. The van der Waals surface area contributed by atoms with E-state index < -0.39 is 37.1 Å². The number of rotatable bonds is 2. The van der Waals surface area contributed by atoms with Crippen LogP contribution in [0.5, 0.6) is 0 Å². The lowest BCUT2D eigenvalue weighted by atomic mass is 10.1. The molecule has 0 saturated carbocycles. The van der Waals surface area contributed by atoms with Gasteiger partial charge in [0.25, 0.3) is 0 Å². The van der Waals surface area contributed by atoms with Crippen molar-refractivity contribution >= 4 is 18.2 Å². The largest absolute Gasteiger partial charge is 0.394 e. The zero-order valence-corrected chi connectivity index (χ0v) is 10.5. The van der Waals surface area contributed by atoms with Gasteiger partial charge < -0.3 is 25.6 Å². The number of nitrogens with zero attached hydrogens (tertiary/aromatic N) is 3. The van der Waals surface area contributed by atoms with E-state index in [4.69, 9.17) is 15.6 Å². The Kier molecular flexibility index (Phi) is 4.47. The highest BCUT2D eigenvalue weighted by Crippen LogP contribution is 2.25. The Balaban J connectivity index is 2.14. The first-order valence-corrected chi connectivity index (χ1v) is 5.97. The van der Waals surface area contributed by atoms with Crippen LogP contribution in [0, 0.1) is 0 Å². The van der Waals surface area contributed by atoms with Gasteiger partial charge in [-0.2, -0.15) is 0 Å². The number of aliphatic imine (C=N–C) groups is 2. The summed E-state index contributed by atoms with van der Waals surface area (Å²) >= 11 is 0. The van der Waals surface area contributed by atoms with Crippen LogP contribution in [0.4, 0.5) is 4.39 Å². The maximum absolute atomic E-state index is 14.0. The van der Waals surface area contributed by atoms with Crippen molar-refractivity contribution in [1.29, 1.82) is 0 Å². The maximum atomic E-state index is 14.0. The molecule has 4 atom stereocenters. The van der Waals surface area contributed by atoms with Gasteiger partial charge >= 0.3 is 0 Å². The minimum absolute atomic E-state index is 0.106. The van der Waals surface area contributed by atoms with Crippen LogP contribution in [0.15, 0.2) is 9.98 Å². The third-order valence-electron chi connectivity index (χ3n) is 2.94. The third-order valence-corrected chi connectivity index (χ3v) is 2.94. The predicted octanol–water partition coefficient (Wildman–Crippen LogP) is -2.87. The van der Waals surface area contributed by atoms with Crippen LogP contribution in [0.3, 0.4) is 0 Å². The number of aliphatic hydroxyl groups excluding tert-OH is 2. The second kappa shape index (κ2) is 6.11. The van der Waals surface area contributed by atoms with Gasteiger partial charge in [0.15, 0.2) is 18.4 Å². The van der Waals surface area contributed by atoms with E-state index in [-0.39, 0.29) is 19.2 Å². The van der Waals surface area contributed by atoms with E-state index in [2.05, 4.69) is 15.3 Å². The Bertz CT molecular complexity index is 432. The molecular weight excluding hydrogens is 273 g/mol. The first kappa shape index (κ1) is 14.6. The Hall–Kier alpha value is -1.78. The van der Waals surface area contributed by atoms with E-state index in [1.807, 2.05) is 0 Å². The van der Waals surface area contributed by atoms with Crippen LogP contribution < -0.4 is 11.1 Å². The van der Waals surface area contributed by atoms with Crippen LogP contribution in [-0.4, -0.2) is 77.7 Å². The summed E-state index contributed by atoms with van der Waals surface area (Å²) in [5.41, 5.74) is 5.45. The second-order valence-corrected chi connectivity index (χ2v) is 4.39. The van der Waals surface area contributed by atoms with Crippen LogP contribution in [-0.2, 0) is 9.53 Å². The van der Waals surface area contributed by atoms with Crippen LogP contribution >= 0.6 is 0 Å². The van der Waals surface area contributed by atoms with Gasteiger partial charge in [-0.25, -0.2) is 9.38 Å². The van der Waals surface area contributed by atoms with Crippen molar-refractivity contribution in [2.45, 2.75) is 24.6 Å². The molecule has 0 radical (unpaired) electrons. The zero-order chi connectivity index (χ0) is 14.7. The van der Waals surface area contributed by atoms with Gasteiger partial charge in [-0.1, -0.05) is 0 Å². The van der Waals surface area contributed by atoms with Gasteiger partial charge in [-0.05, 0) is 0 Å². The Morgan fingerprint density at radius 2 is 2.40 bits per heavy atom. The predicted molar refractivity (Wildman–Crippen MR) is 66.5 cm³/mol. The molecule has 9 nitrogen and oxygen atoms in total. The fourth-order valence-electron chi connectivity index (χ4n) is 1.91. The van der Waals surface area contributed by atoms with Crippen molar-refractivity contribution in [2.24, 2.45) is 15.7 Å². The second-order valence-electron chi connectivity index (χ2n) is 4.39. The molecule has 0 aromatic rings. The molecule has 1 amide bonds. The first-order chi connectivity index (χ1) is 9.52. The van der Waals surface area contributed by atoms with Gasteiger partial charge in [-0.15, -0.1) is 0 Å². The molecule has 20 heavy (non-hydrogen) atoms. The van der Waals surface area contributed by atoms with Crippen LogP contribution in [0.2, 0.25) is 0 Å². The number of nitrogens with two attached hydrogens (primary N) is 1. The van der Waals surface area contributed by atoms with Gasteiger partial charge in [0.05, 0.1) is 12.9 Å². The van der Waals surface area contributed by atoms with Crippen molar-refractivity contribution < 1.29 is 24.1 Å². The lowest BCUT2D eigenvalue weighted by molar-refractivity contribution is -0.118. The lowest BCUT2D eigenvalue weighted by Gasteiger charge is -2.25. The average molecular weight is 289 g/mol. The van der Waals surface area contributed by atoms with E-state index in [9.17, 15) is 14.3 Å². The standard InChI is InChI=1S/C10H16FN5O4/c11-7-8(19)5(2-17)20-9(7)16-3-13-1-6(18)15-10(12)14-4-16/h3,5,7-9,17,19H,1-2,4H2,(H3,12,14,15,18)/t5-,7-,8-,9-/m1/s1. The number of ether oxygens (including phenoxy) is 1. The number of carbonyl (C=O) groups excluding carboxylic acids is 1. The molecule has 2 aliphatic rings. The molecule has 1 fully saturated rings. The summed E-state index contributed by atoms with van der Waals surface area (Å²) in [5.74, 6) is -0.556. The molecule has 0 unspecified atom stereocenters. The fourth-order valence-corrected chi connectivity index (χ4v) is 1.91. The normalized spacial score (nSPS) is 35.0. The summed E-state index contributed by atoms with van der Waals surface area (Å²) in [6.45, 7) is -0.803. The van der Waals surface area contributed by atoms with Crippen molar-refractivity contribution in [3.8, 4) is 0 Å². The minimum Gasteiger partial charge on any atom is -0.394 e. The van der Waals surface area contributed by atoms with Crippen LogP contribution in [0.25, 0.3) is 0 Å². The molecule has 0 aromatic heterocycles. The van der Waals surface area contributed by atoms with E-state index in [0.29, 0.717) is 0 Å². The Morgan fingerprint density at radius 1 is 1.65 bits per heavy atom. The lowest BCUT2D eigenvalue weighted by Crippen LogP contribution is -2.42. The van der Waals surface area contributed by atoms with Crippen LogP contribution in [0.1, 0.15) is 0 Å². The van der Waals surface area contributed by atoms with Crippen molar-refractivity contribution in [2.75, 3.05) is 19.8 Å². The molecule has 1 saturated heterocycles. The number of guanidine groups is 1. The molecule has 0 aliphatic carbocycles. The fraction of sp³-hybridized carbons (Fsp3) is 0.700. The van der Waals surface area contributed by atoms with Gasteiger partial charge in [0, 0.05) is 0 Å². The number of alkyl halides is 1. The number of halogens is 1. The highest BCUT2D eigenvalue weighted by molar-refractivity contribution is 5.97. The molecular formula is C10H16FN5O4. The SMILES string of the molecule is NC1=NCN([C@@H]2O[C@H](CO)[C@@H](O)[C@H]2F)C=NCC(=O)N1. The monoisotopic (exact) mass is 289 g/mol. The van der Waals surface area contributed by atoms with Gasteiger partial charge in [0.2, 0.25) is 5.91 Å². The average Bonchev–Trinajstić information content (AvgIpc) is 2.73. The first-order valence-electron chi connectivity index (χ1n) is 5.97. The zero-order valence-electron chi connectivity index (χ0n) is 10.5. The molecule has 2 aliphatic heterocycles. The van der Waals surface area contributed by atoms with Gasteiger partial charge in [0.1, 0.15) is 25.4 Å². The summed E-state index contributed by atoms with van der Waals surface area (Å²) < 4.78 is 19.2. The topological polar surface area (TPSA) is 133 Å². The summed E-state index contributed by atoms with van der Waals surface area (Å²) in [4.78, 5) is 20.2. The number of aliphatic hydroxyl groups is 2. The van der Waals surface area contributed by atoms with Gasteiger partial charge in [-0.3, -0.25) is 15.1 Å². The van der Waals surface area contributed by atoms with E-state index in [1.54, 1.807) is 0 Å². The number of carbonyl (C=O) groups is 1. The van der Waals surface area contributed by atoms with E-state index in [0.717, 1.165) is 0 Å². The molecule has 0 aromatic carbocycles. The number of amides is 1. The molecule has 5 N–H and O–H groups in total. The highest BCUT2D eigenvalue weighted by Gasteiger charge is 2.46. The molecule has 112 valence electrons. The van der Waals surface area contributed by atoms with Crippen molar-refractivity contribution in [3.63, 3.8) is 0 Å². The smallest absolute Gasteiger partial charge is 0.248 e. The van der Waals surface area contributed by atoms with E-state index >= 15 is 0 Å². The number of hydrogen-bond donors (Lipinski definition) is 4. The minimum atomic E-state index is -1.74. The molecule has 0 spiro atoms. The molecule has 10 heteroatoms. The molecule has 2 heterocycles. The Morgan fingerprint density at radius 3 is 3.05 bits per heavy atom. The summed E-state index contributed by atoms with van der Waals surface area (Å²) in [5, 5.41) is 20.9. The van der Waals surface area contributed by atoms with Crippen molar-refractivity contribution in [1.82, 2.24) is 10.2 Å². The van der Waals surface area contributed by atoms with E-state index in [1.165, 1.54) is 11.2 Å². The summed E-state index contributed by atoms with van der Waals surface area (Å²) in [6, 6.07) is 0. The Labute approximate surface area is 113 Å². The molecule has 2 rings (SSSR count). The maximum Gasteiger partial charge on any atom is 0.248 e. The van der Waals surface area contributed by atoms with Crippen molar-refractivity contribution in [3.05, 3.63) is 0 Å². The molecule has 0 bridgehead atoms. The number of hydrogen-bond acceptors (Lipinski definition) is 8. The highest BCUT2D eigenvalue weighted by atomic mass is 19.1. The summed E-state index contributed by atoms with van der Waals surface area (Å²) in [6.07, 6.45) is -4.13. The number of nitrogens with one attached hydrogen (secondary N) is 1. The third kappa shape index (κ3) is 3.03. The summed E-state index contributed by atoms with van der Waals surface area (Å²) in [7, 11) is 0.